The minimum absolute atomic E-state index is 0.0809. The number of nitrogens with zero attached hydrogens (tertiary/aromatic N) is 1. The predicted octanol–water partition coefficient (Wildman–Crippen LogP) is 2.76. The van der Waals surface area contributed by atoms with Gasteiger partial charge in [-0.05, 0) is 43.6 Å². The van der Waals surface area contributed by atoms with Gasteiger partial charge >= 0.3 is 0 Å². The molecule has 1 rings (SSSR count). The molecule has 0 aliphatic heterocycles. The molecule has 1 aliphatic rings. The summed E-state index contributed by atoms with van der Waals surface area (Å²) in [6.07, 6.45) is 3.23. The number of rotatable bonds is 4. The summed E-state index contributed by atoms with van der Waals surface area (Å²) < 4.78 is 0. The lowest BCUT2D eigenvalue weighted by molar-refractivity contribution is 0.00649. The fourth-order valence-electron chi connectivity index (χ4n) is 3.01. The van der Waals surface area contributed by atoms with E-state index in [-0.39, 0.29) is 6.10 Å². The molecule has 2 atom stereocenters. The molecule has 0 aromatic heterocycles. The maximum Gasteiger partial charge on any atom is 0.0581 e. The van der Waals surface area contributed by atoms with Crippen LogP contribution in [0.2, 0.25) is 0 Å². The lowest BCUT2D eigenvalue weighted by Crippen LogP contribution is -2.40. The van der Waals surface area contributed by atoms with Gasteiger partial charge in [-0.1, -0.05) is 27.7 Å². The highest BCUT2D eigenvalue weighted by atomic mass is 16.3. The predicted molar refractivity (Wildman–Crippen MR) is 69.5 cm³/mol. The molecule has 0 aromatic rings. The van der Waals surface area contributed by atoms with Crippen LogP contribution >= 0.6 is 0 Å². The Labute approximate surface area is 101 Å². The number of hydrogen-bond donors (Lipinski definition) is 1. The van der Waals surface area contributed by atoms with E-state index >= 15 is 0 Å². The van der Waals surface area contributed by atoms with Gasteiger partial charge in [0.25, 0.3) is 0 Å². The van der Waals surface area contributed by atoms with E-state index in [1.807, 2.05) is 0 Å². The van der Waals surface area contributed by atoms with E-state index in [9.17, 15) is 5.11 Å². The first kappa shape index (κ1) is 14.0. The Kier molecular flexibility index (Phi) is 4.81. The van der Waals surface area contributed by atoms with Gasteiger partial charge < -0.3 is 10.0 Å². The summed E-state index contributed by atoms with van der Waals surface area (Å²) in [6.45, 7) is 11.3. The van der Waals surface area contributed by atoms with E-state index in [0.29, 0.717) is 17.3 Å². The van der Waals surface area contributed by atoms with Crippen molar-refractivity contribution in [1.82, 2.24) is 4.90 Å². The van der Waals surface area contributed by atoms with Gasteiger partial charge in [-0.3, -0.25) is 0 Å². The second kappa shape index (κ2) is 5.50. The summed E-state index contributed by atoms with van der Waals surface area (Å²) in [6, 6.07) is 0. The molecule has 0 aromatic carbocycles. The lowest BCUT2D eigenvalue weighted by Gasteiger charge is -2.40. The third kappa shape index (κ3) is 4.42. The average Bonchev–Trinajstić information content (AvgIpc) is 2.09. The van der Waals surface area contributed by atoms with Crippen LogP contribution in [0.1, 0.15) is 47.0 Å². The highest BCUT2D eigenvalue weighted by Crippen LogP contribution is 2.38. The van der Waals surface area contributed by atoms with Crippen LogP contribution in [0, 0.1) is 17.3 Å². The quantitative estimate of drug-likeness (QED) is 0.798. The first-order valence-electron chi connectivity index (χ1n) is 6.67. The molecule has 2 nitrogen and oxygen atoms in total. The zero-order valence-electron chi connectivity index (χ0n) is 11.7. The van der Waals surface area contributed by atoms with Crippen molar-refractivity contribution in [2.24, 2.45) is 17.3 Å². The molecule has 1 N–H and O–H groups in total. The molecule has 2 heteroatoms. The zero-order chi connectivity index (χ0) is 12.3. The second-order valence-corrected chi connectivity index (χ2v) is 6.85. The second-order valence-electron chi connectivity index (χ2n) is 6.85. The van der Waals surface area contributed by atoms with Crippen LogP contribution in [0.3, 0.4) is 0 Å². The molecular formula is C14H29NO. The Morgan fingerprint density at radius 2 is 2.00 bits per heavy atom. The third-order valence-corrected chi connectivity index (χ3v) is 3.70. The highest BCUT2D eigenvalue weighted by molar-refractivity contribution is 4.86. The molecule has 0 radical (unpaired) electrons. The van der Waals surface area contributed by atoms with E-state index in [2.05, 4.69) is 39.6 Å². The fraction of sp³-hybridized carbons (Fsp3) is 1.00. The van der Waals surface area contributed by atoms with Crippen molar-refractivity contribution in [2.45, 2.75) is 53.1 Å². The standard InChI is InChI=1S/C14H29NO/c1-11(2)9-15(5)10-12-8-14(3,4)7-6-13(12)16/h11-13,16H,6-10H2,1-5H3. The number of aliphatic hydroxyl groups excluding tert-OH is 1. The highest BCUT2D eigenvalue weighted by Gasteiger charge is 2.34. The first-order chi connectivity index (χ1) is 7.30. The Bertz CT molecular complexity index is 213. The SMILES string of the molecule is CC(C)CN(C)CC1CC(C)(C)CCC1O. The van der Waals surface area contributed by atoms with Crippen molar-refractivity contribution >= 4 is 0 Å². The van der Waals surface area contributed by atoms with E-state index in [0.717, 1.165) is 25.9 Å². The molecule has 0 saturated heterocycles. The number of aliphatic hydroxyl groups is 1. The summed E-state index contributed by atoms with van der Waals surface area (Å²) in [5.41, 5.74) is 0.419. The maximum absolute atomic E-state index is 10.1. The Hall–Kier alpha value is -0.0800. The van der Waals surface area contributed by atoms with E-state index < -0.39 is 0 Å². The van der Waals surface area contributed by atoms with Crippen LogP contribution < -0.4 is 0 Å². The van der Waals surface area contributed by atoms with Gasteiger partial charge in [0.15, 0.2) is 0 Å². The Morgan fingerprint density at radius 1 is 1.38 bits per heavy atom. The molecule has 0 spiro atoms. The van der Waals surface area contributed by atoms with Crippen LogP contribution in [-0.4, -0.2) is 36.2 Å². The van der Waals surface area contributed by atoms with Crippen molar-refractivity contribution in [2.75, 3.05) is 20.1 Å². The third-order valence-electron chi connectivity index (χ3n) is 3.70. The molecular weight excluding hydrogens is 198 g/mol. The average molecular weight is 227 g/mol. The molecule has 2 unspecified atom stereocenters. The maximum atomic E-state index is 10.1. The first-order valence-corrected chi connectivity index (χ1v) is 6.67. The van der Waals surface area contributed by atoms with Crippen molar-refractivity contribution in [1.29, 1.82) is 0 Å². The van der Waals surface area contributed by atoms with Gasteiger partial charge in [0, 0.05) is 13.1 Å². The lowest BCUT2D eigenvalue weighted by atomic mass is 9.71. The van der Waals surface area contributed by atoms with Crippen molar-refractivity contribution in [3.8, 4) is 0 Å². The number of hydrogen-bond acceptors (Lipinski definition) is 2. The summed E-state index contributed by atoms with van der Waals surface area (Å²) in [5, 5.41) is 10.1. The molecule has 1 saturated carbocycles. The zero-order valence-corrected chi connectivity index (χ0v) is 11.7. The van der Waals surface area contributed by atoms with Crippen molar-refractivity contribution in [3.05, 3.63) is 0 Å². The van der Waals surface area contributed by atoms with Gasteiger partial charge in [-0.25, -0.2) is 0 Å². The summed E-state index contributed by atoms with van der Waals surface area (Å²) in [7, 11) is 2.17. The molecule has 1 fully saturated rings. The van der Waals surface area contributed by atoms with Crippen LogP contribution in [0.25, 0.3) is 0 Å². The molecule has 96 valence electrons. The van der Waals surface area contributed by atoms with Crippen molar-refractivity contribution in [3.63, 3.8) is 0 Å². The minimum Gasteiger partial charge on any atom is -0.393 e. The van der Waals surface area contributed by atoms with Gasteiger partial charge in [0.2, 0.25) is 0 Å². The van der Waals surface area contributed by atoms with Gasteiger partial charge in [0.1, 0.15) is 0 Å². The van der Waals surface area contributed by atoms with Crippen LogP contribution in [0.15, 0.2) is 0 Å². The molecule has 16 heavy (non-hydrogen) atoms. The van der Waals surface area contributed by atoms with Crippen molar-refractivity contribution < 1.29 is 5.11 Å². The summed E-state index contributed by atoms with van der Waals surface area (Å²) in [4.78, 5) is 2.37. The van der Waals surface area contributed by atoms with Gasteiger partial charge in [-0.2, -0.15) is 0 Å². The van der Waals surface area contributed by atoms with Crippen LogP contribution in [0.4, 0.5) is 0 Å². The van der Waals surface area contributed by atoms with Crippen LogP contribution in [-0.2, 0) is 0 Å². The molecule has 1 aliphatic carbocycles. The van der Waals surface area contributed by atoms with Gasteiger partial charge in [0.05, 0.1) is 6.10 Å². The van der Waals surface area contributed by atoms with Gasteiger partial charge in [-0.15, -0.1) is 0 Å². The Balaban J connectivity index is 2.45. The monoisotopic (exact) mass is 227 g/mol. The summed E-state index contributed by atoms with van der Waals surface area (Å²) in [5.74, 6) is 1.17. The van der Waals surface area contributed by atoms with E-state index in [1.165, 1.54) is 6.42 Å². The smallest absolute Gasteiger partial charge is 0.0581 e. The topological polar surface area (TPSA) is 23.5 Å². The van der Waals surface area contributed by atoms with E-state index in [4.69, 9.17) is 0 Å². The van der Waals surface area contributed by atoms with E-state index in [1.54, 1.807) is 0 Å². The molecule has 0 bridgehead atoms. The van der Waals surface area contributed by atoms with Crippen LogP contribution in [0.5, 0.6) is 0 Å². The fourth-order valence-corrected chi connectivity index (χ4v) is 3.01. The normalized spacial score (nSPS) is 30.0. The molecule has 0 amide bonds. The Morgan fingerprint density at radius 3 is 2.56 bits per heavy atom. The minimum atomic E-state index is -0.0809. The molecule has 0 heterocycles. The largest absolute Gasteiger partial charge is 0.393 e. The summed E-state index contributed by atoms with van der Waals surface area (Å²) >= 11 is 0.